The van der Waals surface area contributed by atoms with Gasteiger partial charge in [-0.1, -0.05) is 55.5 Å². The van der Waals surface area contributed by atoms with Gasteiger partial charge in [0.05, 0.1) is 6.61 Å². The van der Waals surface area contributed by atoms with Gasteiger partial charge in [-0.3, -0.25) is 4.79 Å². The van der Waals surface area contributed by atoms with Gasteiger partial charge < -0.3 is 14.8 Å². The van der Waals surface area contributed by atoms with Crippen LogP contribution < -0.4 is 10.1 Å². The van der Waals surface area contributed by atoms with Gasteiger partial charge in [0.25, 0.3) is 5.91 Å². The Morgan fingerprint density at radius 2 is 1.78 bits per heavy atom. The summed E-state index contributed by atoms with van der Waals surface area (Å²) in [6.45, 7) is 4.64. The maximum Gasteiger partial charge on any atom is 0.331 e. The number of rotatable bonds is 9. The highest BCUT2D eigenvalue weighted by Gasteiger charge is 2.09. The highest BCUT2D eigenvalue weighted by atomic mass is 16.5. The Balaban J connectivity index is 1.76. The van der Waals surface area contributed by atoms with Crippen molar-refractivity contribution in [2.45, 2.75) is 19.8 Å². The molecule has 5 heteroatoms. The van der Waals surface area contributed by atoms with E-state index < -0.39 is 5.97 Å². The maximum atomic E-state index is 11.9. The topological polar surface area (TPSA) is 64.6 Å². The standard InChI is InChI=1S/C22H25NO4/c1-3-26-20-12-8-7-11-19(20)13-14-22(25)27-16-21(24)23-15-17(2)18-9-5-4-6-10-18/h4-14,17H,3,15-16H2,1-2H3,(H,23,24)/b14-13+/t17-/m0/s1. The molecule has 0 saturated heterocycles. The fourth-order valence-corrected chi connectivity index (χ4v) is 2.47. The molecule has 5 nitrogen and oxygen atoms in total. The number of amides is 1. The molecule has 0 unspecified atom stereocenters. The van der Waals surface area contributed by atoms with Crippen LogP contribution in [0.4, 0.5) is 0 Å². The number of hydrogen-bond donors (Lipinski definition) is 1. The van der Waals surface area contributed by atoms with E-state index in [-0.39, 0.29) is 18.4 Å². The molecule has 0 fully saturated rings. The first-order chi connectivity index (χ1) is 13.1. The number of ether oxygens (including phenoxy) is 2. The Kier molecular flexibility index (Phi) is 8.10. The van der Waals surface area contributed by atoms with Gasteiger partial charge in [-0.25, -0.2) is 4.79 Å². The molecule has 2 rings (SSSR count). The van der Waals surface area contributed by atoms with E-state index in [1.807, 2.05) is 68.4 Å². The van der Waals surface area contributed by atoms with Crippen LogP contribution in [-0.2, 0) is 14.3 Å². The van der Waals surface area contributed by atoms with Crippen LogP contribution in [0.15, 0.2) is 60.7 Å². The van der Waals surface area contributed by atoms with Gasteiger partial charge >= 0.3 is 5.97 Å². The van der Waals surface area contributed by atoms with E-state index in [0.717, 1.165) is 11.1 Å². The van der Waals surface area contributed by atoms with Crippen molar-refractivity contribution in [2.75, 3.05) is 19.8 Å². The van der Waals surface area contributed by atoms with Crippen LogP contribution in [-0.4, -0.2) is 31.6 Å². The number of carbonyl (C=O) groups is 2. The van der Waals surface area contributed by atoms with E-state index >= 15 is 0 Å². The SMILES string of the molecule is CCOc1ccccc1/C=C/C(=O)OCC(=O)NC[C@H](C)c1ccccc1. The van der Waals surface area contributed by atoms with Crippen LogP contribution in [0.1, 0.15) is 30.9 Å². The van der Waals surface area contributed by atoms with Crippen LogP contribution in [0, 0.1) is 0 Å². The quantitative estimate of drug-likeness (QED) is 0.544. The van der Waals surface area contributed by atoms with Crippen molar-refractivity contribution in [2.24, 2.45) is 0 Å². The van der Waals surface area contributed by atoms with Crippen molar-refractivity contribution in [3.05, 3.63) is 71.8 Å². The number of carbonyl (C=O) groups excluding carboxylic acids is 2. The molecule has 0 spiro atoms. The highest BCUT2D eigenvalue weighted by molar-refractivity contribution is 5.89. The van der Waals surface area contributed by atoms with E-state index in [2.05, 4.69) is 5.32 Å². The molecule has 27 heavy (non-hydrogen) atoms. The smallest absolute Gasteiger partial charge is 0.331 e. The molecule has 0 heterocycles. The second kappa shape index (κ2) is 10.8. The summed E-state index contributed by atoms with van der Waals surface area (Å²) in [5.74, 6) is -0.0284. The van der Waals surface area contributed by atoms with Crippen LogP contribution in [0.5, 0.6) is 5.75 Å². The molecule has 0 saturated carbocycles. The maximum absolute atomic E-state index is 11.9. The molecule has 0 aliphatic carbocycles. The van der Waals surface area contributed by atoms with Crippen molar-refractivity contribution < 1.29 is 19.1 Å². The lowest BCUT2D eigenvalue weighted by Gasteiger charge is -2.12. The predicted octanol–water partition coefficient (Wildman–Crippen LogP) is 3.56. The summed E-state index contributed by atoms with van der Waals surface area (Å²) in [6, 6.07) is 17.3. The molecule has 142 valence electrons. The summed E-state index contributed by atoms with van der Waals surface area (Å²) in [5, 5.41) is 2.78. The minimum atomic E-state index is -0.576. The lowest BCUT2D eigenvalue weighted by molar-refractivity contribution is -0.143. The Morgan fingerprint density at radius 1 is 1.07 bits per heavy atom. The lowest BCUT2D eigenvalue weighted by Crippen LogP contribution is -2.31. The largest absolute Gasteiger partial charge is 0.493 e. The van der Waals surface area contributed by atoms with Gasteiger partial charge in [0.2, 0.25) is 0 Å². The van der Waals surface area contributed by atoms with Gasteiger partial charge in [0.1, 0.15) is 5.75 Å². The monoisotopic (exact) mass is 367 g/mol. The van der Waals surface area contributed by atoms with Crippen LogP contribution in [0.3, 0.4) is 0 Å². The number of para-hydroxylation sites is 1. The molecule has 0 bridgehead atoms. The Hall–Kier alpha value is -3.08. The Labute approximate surface area is 160 Å². The average Bonchev–Trinajstić information content (AvgIpc) is 2.70. The number of nitrogens with one attached hydrogen (secondary N) is 1. The molecule has 0 aliphatic rings. The zero-order valence-electron chi connectivity index (χ0n) is 15.7. The van der Waals surface area contributed by atoms with Crippen molar-refractivity contribution in [3.8, 4) is 5.75 Å². The van der Waals surface area contributed by atoms with E-state index in [0.29, 0.717) is 18.9 Å². The zero-order chi connectivity index (χ0) is 19.5. The number of esters is 1. The highest BCUT2D eigenvalue weighted by Crippen LogP contribution is 2.19. The molecule has 1 amide bonds. The predicted molar refractivity (Wildman–Crippen MR) is 105 cm³/mol. The van der Waals surface area contributed by atoms with Gasteiger partial charge in [0, 0.05) is 18.2 Å². The Bertz CT molecular complexity index is 771. The molecule has 1 N–H and O–H groups in total. The van der Waals surface area contributed by atoms with Gasteiger partial charge in [-0.05, 0) is 30.5 Å². The number of hydrogen-bond acceptors (Lipinski definition) is 4. The normalized spacial score (nSPS) is 11.8. The van der Waals surface area contributed by atoms with E-state index in [4.69, 9.17) is 9.47 Å². The molecule has 2 aromatic rings. The summed E-state index contributed by atoms with van der Waals surface area (Å²) >= 11 is 0. The van der Waals surface area contributed by atoms with Crippen LogP contribution >= 0.6 is 0 Å². The summed E-state index contributed by atoms with van der Waals surface area (Å²) < 4.78 is 10.5. The Morgan fingerprint density at radius 3 is 2.52 bits per heavy atom. The minimum absolute atomic E-state index is 0.181. The summed E-state index contributed by atoms with van der Waals surface area (Å²) in [4.78, 5) is 23.7. The molecule has 2 aromatic carbocycles. The van der Waals surface area contributed by atoms with Crippen LogP contribution in [0.2, 0.25) is 0 Å². The fraction of sp³-hybridized carbons (Fsp3) is 0.273. The van der Waals surface area contributed by atoms with Crippen molar-refractivity contribution >= 4 is 18.0 Å². The first-order valence-electron chi connectivity index (χ1n) is 8.98. The van der Waals surface area contributed by atoms with Gasteiger partial charge in [0.15, 0.2) is 6.61 Å². The third-order valence-electron chi connectivity index (χ3n) is 3.94. The zero-order valence-corrected chi connectivity index (χ0v) is 15.7. The molecule has 0 radical (unpaired) electrons. The third-order valence-corrected chi connectivity index (χ3v) is 3.94. The summed E-state index contributed by atoms with van der Waals surface area (Å²) in [5.41, 5.74) is 1.92. The van der Waals surface area contributed by atoms with Crippen LogP contribution in [0.25, 0.3) is 6.08 Å². The summed E-state index contributed by atoms with van der Waals surface area (Å²) in [6.07, 6.45) is 2.90. The van der Waals surface area contributed by atoms with Crippen molar-refractivity contribution in [1.29, 1.82) is 0 Å². The second-order valence-electron chi connectivity index (χ2n) is 6.03. The molecule has 0 aromatic heterocycles. The molecule has 1 atom stereocenters. The van der Waals surface area contributed by atoms with Gasteiger partial charge in [-0.15, -0.1) is 0 Å². The average molecular weight is 367 g/mol. The molecular formula is C22H25NO4. The van der Waals surface area contributed by atoms with E-state index in [9.17, 15) is 9.59 Å². The first-order valence-corrected chi connectivity index (χ1v) is 8.98. The van der Waals surface area contributed by atoms with Gasteiger partial charge in [-0.2, -0.15) is 0 Å². The van der Waals surface area contributed by atoms with E-state index in [1.54, 1.807) is 6.08 Å². The first kappa shape index (κ1) is 20.2. The minimum Gasteiger partial charge on any atom is -0.493 e. The number of benzene rings is 2. The molecule has 0 aliphatic heterocycles. The third kappa shape index (κ3) is 6.98. The fourth-order valence-electron chi connectivity index (χ4n) is 2.47. The lowest BCUT2D eigenvalue weighted by atomic mass is 10.0. The summed E-state index contributed by atoms with van der Waals surface area (Å²) in [7, 11) is 0. The second-order valence-corrected chi connectivity index (χ2v) is 6.03. The van der Waals surface area contributed by atoms with E-state index in [1.165, 1.54) is 6.08 Å². The van der Waals surface area contributed by atoms with Crippen molar-refractivity contribution in [1.82, 2.24) is 5.32 Å². The van der Waals surface area contributed by atoms with Crippen molar-refractivity contribution in [3.63, 3.8) is 0 Å². The molecular weight excluding hydrogens is 342 g/mol.